The Bertz CT molecular complexity index is 2470. The summed E-state index contributed by atoms with van der Waals surface area (Å²) in [5.41, 5.74) is 6.42. The molecule has 12 N–H and O–H groups in total. The molecule has 78 heavy (non-hydrogen) atoms. The molecule has 3 aromatic rings. The lowest BCUT2D eigenvalue weighted by molar-refractivity contribution is -0.145. The fourth-order valence-corrected chi connectivity index (χ4v) is 7.93. The van der Waals surface area contributed by atoms with Crippen LogP contribution >= 0.6 is 0 Å². The molecule has 30 heteroatoms. The van der Waals surface area contributed by atoms with E-state index in [2.05, 4.69) is 41.2 Å². The third-order valence-corrected chi connectivity index (χ3v) is 12.0. The zero-order valence-corrected chi connectivity index (χ0v) is 43.3. The SMILES string of the molecule is Nc1nc2ncc(CNc3ccc(C(=O)N[C@@H](CCC(=O)NCCCOCCOCCOCCCNC(=O)CCC(C(=O)O)N4CCN(CC(=O)O)CCN(CC(=O)O)CCN(CC(=O)O)CC4)C(=O)O)cc3)nc2c(=O)[nH]1. The van der Waals surface area contributed by atoms with Crippen LogP contribution < -0.4 is 32.6 Å². The molecule has 0 bridgehead atoms. The summed E-state index contributed by atoms with van der Waals surface area (Å²) in [5, 5.41) is 59.2. The van der Waals surface area contributed by atoms with E-state index >= 15 is 0 Å². The summed E-state index contributed by atoms with van der Waals surface area (Å²) in [6.07, 6.45) is 1.95. The Morgan fingerprint density at radius 3 is 1.62 bits per heavy atom. The highest BCUT2D eigenvalue weighted by Crippen LogP contribution is 2.14. The third kappa shape index (κ3) is 24.7. The fourth-order valence-electron chi connectivity index (χ4n) is 7.93. The van der Waals surface area contributed by atoms with Crippen LogP contribution in [0.5, 0.6) is 0 Å². The zero-order chi connectivity index (χ0) is 56.8. The number of H-pyrrole nitrogens is 1. The lowest BCUT2D eigenvalue weighted by Gasteiger charge is -2.35. The van der Waals surface area contributed by atoms with Crippen LogP contribution in [-0.4, -0.2) is 249 Å². The molecule has 0 aliphatic carbocycles. The molecule has 430 valence electrons. The number of carboxylic acid groups (broad SMARTS) is 5. The number of nitrogens with one attached hydrogen (secondary N) is 5. The fraction of sp³-hybridized carbons (Fsp3) is 0.583. The summed E-state index contributed by atoms with van der Waals surface area (Å²) in [5.74, 6) is -7.25. The van der Waals surface area contributed by atoms with Gasteiger partial charge in [0.25, 0.3) is 11.5 Å². The summed E-state index contributed by atoms with van der Waals surface area (Å²) < 4.78 is 16.6. The van der Waals surface area contributed by atoms with Crippen molar-refractivity contribution in [3.8, 4) is 0 Å². The number of amides is 3. The smallest absolute Gasteiger partial charge is 0.326 e. The van der Waals surface area contributed by atoms with Gasteiger partial charge in [0, 0.05) is 103 Å². The Morgan fingerprint density at radius 1 is 0.641 bits per heavy atom. The normalized spacial score (nSPS) is 15.0. The quantitative estimate of drug-likeness (QED) is 0.0279. The van der Waals surface area contributed by atoms with Gasteiger partial charge in [-0.1, -0.05) is 0 Å². The van der Waals surface area contributed by atoms with Crippen molar-refractivity contribution in [1.82, 2.24) is 55.5 Å². The number of nitrogen functional groups attached to an aromatic ring is 1. The number of carbonyl (C=O) groups excluding carboxylic acids is 3. The van der Waals surface area contributed by atoms with Crippen molar-refractivity contribution in [3.63, 3.8) is 0 Å². The number of hydrogen-bond acceptors (Lipinski definition) is 21. The van der Waals surface area contributed by atoms with Crippen molar-refractivity contribution >= 4 is 70.4 Å². The molecular weight excluding hydrogens is 1030 g/mol. The Balaban J connectivity index is 1.02. The van der Waals surface area contributed by atoms with Gasteiger partial charge in [-0.3, -0.25) is 62.9 Å². The van der Waals surface area contributed by atoms with Crippen LogP contribution in [0.2, 0.25) is 0 Å². The monoisotopic (exact) mass is 1100 g/mol. The first-order chi connectivity index (χ1) is 37.4. The summed E-state index contributed by atoms with van der Waals surface area (Å²) in [6, 6.07) is 3.78. The van der Waals surface area contributed by atoms with Crippen molar-refractivity contribution in [3.05, 3.63) is 52.1 Å². The number of rotatable bonds is 34. The van der Waals surface area contributed by atoms with E-state index in [1.54, 1.807) is 31.7 Å². The summed E-state index contributed by atoms with van der Waals surface area (Å²) in [7, 11) is 0. The molecule has 2 aromatic heterocycles. The number of carboxylic acids is 5. The van der Waals surface area contributed by atoms with Gasteiger partial charge in [0.15, 0.2) is 11.2 Å². The van der Waals surface area contributed by atoms with E-state index in [-0.39, 0.29) is 165 Å². The second-order valence-corrected chi connectivity index (χ2v) is 18.0. The first-order valence-electron chi connectivity index (χ1n) is 25.3. The maximum atomic E-state index is 12.8. The highest BCUT2D eigenvalue weighted by atomic mass is 16.5. The highest BCUT2D eigenvalue weighted by molar-refractivity contribution is 5.97. The van der Waals surface area contributed by atoms with Gasteiger partial charge in [-0.25, -0.2) is 14.8 Å². The van der Waals surface area contributed by atoms with Crippen molar-refractivity contribution in [2.24, 2.45) is 0 Å². The maximum Gasteiger partial charge on any atom is 0.326 e. The molecule has 1 aromatic carbocycles. The molecule has 1 aliphatic heterocycles. The van der Waals surface area contributed by atoms with Crippen molar-refractivity contribution in [2.45, 2.75) is 57.2 Å². The van der Waals surface area contributed by atoms with Crippen LogP contribution in [0.25, 0.3) is 11.2 Å². The summed E-state index contributed by atoms with van der Waals surface area (Å²) >= 11 is 0. The van der Waals surface area contributed by atoms with E-state index in [1.165, 1.54) is 18.3 Å². The first-order valence-corrected chi connectivity index (χ1v) is 25.3. The number of fused-ring (bicyclic) bond motifs is 1. The van der Waals surface area contributed by atoms with E-state index in [0.717, 1.165) is 0 Å². The predicted molar refractivity (Wildman–Crippen MR) is 276 cm³/mol. The summed E-state index contributed by atoms with van der Waals surface area (Å²) in [4.78, 5) is 130. The zero-order valence-electron chi connectivity index (χ0n) is 43.3. The van der Waals surface area contributed by atoms with Gasteiger partial charge >= 0.3 is 29.8 Å². The number of hydrogen-bond donors (Lipinski definition) is 11. The number of benzene rings is 1. The second-order valence-electron chi connectivity index (χ2n) is 18.0. The van der Waals surface area contributed by atoms with Crippen LogP contribution in [0.4, 0.5) is 11.6 Å². The molecule has 3 amide bonds. The number of anilines is 2. The van der Waals surface area contributed by atoms with Crippen LogP contribution in [0.3, 0.4) is 0 Å². The van der Waals surface area contributed by atoms with Gasteiger partial charge in [0.2, 0.25) is 17.8 Å². The van der Waals surface area contributed by atoms with Gasteiger partial charge in [-0.15, -0.1) is 0 Å². The topological polar surface area (TPSA) is 424 Å². The van der Waals surface area contributed by atoms with Crippen LogP contribution in [0.15, 0.2) is 35.3 Å². The minimum absolute atomic E-state index is 0.0341. The third-order valence-electron chi connectivity index (χ3n) is 12.0. The van der Waals surface area contributed by atoms with Gasteiger partial charge in [-0.05, 0) is 49.9 Å². The van der Waals surface area contributed by atoms with Gasteiger partial charge in [-0.2, -0.15) is 4.98 Å². The van der Waals surface area contributed by atoms with Crippen molar-refractivity contribution in [2.75, 3.05) is 136 Å². The number of aliphatic carboxylic acids is 5. The predicted octanol–water partition coefficient (Wildman–Crippen LogP) is -2.36. The number of nitrogens with two attached hydrogens (primary N) is 1. The standard InChI is InChI=1S/C48H71N13O17/c49-48-56-43-42(45(71)57-48)54-34(28-53-43)27-52-33-5-3-32(4-6-33)44(70)55-35(46(72)73)7-9-37(62)50-11-1-21-76-23-25-78-26-24-77-22-2-12-51-38(63)10-8-36(47(74)75)61-19-17-59(30-40(66)67)15-13-58(29-39(64)65)14-16-60(18-20-61)31-41(68)69/h3-6,28,35-36,52H,1-2,7-27,29-31H2,(H,50,62)(H,51,63)(H,55,70)(H,64,65)(H,66,67)(H,68,69)(H,72,73)(H,74,75)(H3,49,53,56,57,71)/t35-,36?/m0/s1. The van der Waals surface area contributed by atoms with Crippen LogP contribution in [-0.2, 0) is 54.3 Å². The Kier molecular flexibility index (Phi) is 27.7. The Hall–Kier alpha value is -7.48. The average molecular weight is 1100 g/mol. The highest BCUT2D eigenvalue weighted by Gasteiger charge is 2.29. The van der Waals surface area contributed by atoms with E-state index in [0.29, 0.717) is 50.7 Å². The van der Waals surface area contributed by atoms with Crippen LogP contribution in [0, 0.1) is 0 Å². The van der Waals surface area contributed by atoms with Crippen LogP contribution in [0.1, 0.15) is 54.6 Å². The molecule has 0 saturated carbocycles. The lowest BCUT2D eigenvalue weighted by Crippen LogP contribution is -2.52. The molecule has 0 radical (unpaired) electrons. The first kappa shape index (κ1) is 63.1. The van der Waals surface area contributed by atoms with Crippen molar-refractivity contribution < 1.29 is 78.1 Å². The molecular formula is C48H71N13O17. The van der Waals surface area contributed by atoms with E-state index in [4.69, 9.17) is 19.9 Å². The van der Waals surface area contributed by atoms with E-state index in [9.17, 15) is 68.7 Å². The Morgan fingerprint density at radius 2 is 1.13 bits per heavy atom. The van der Waals surface area contributed by atoms with Gasteiger partial charge in [0.1, 0.15) is 12.1 Å². The number of carbonyl (C=O) groups is 8. The number of aromatic amines is 1. The largest absolute Gasteiger partial charge is 0.480 e. The maximum absolute atomic E-state index is 12.8. The molecule has 3 heterocycles. The van der Waals surface area contributed by atoms with E-state index < -0.39 is 53.4 Å². The number of ether oxygens (including phenoxy) is 3. The number of aromatic nitrogens is 4. The second kappa shape index (κ2) is 34.3. The van der Waals surface area contributed by atoms with Gasteiger partial charge in [0.05, 0.1) is 64.5 Å². The number of nitrogens with zero attached hydrogens (tertiary/aromatic N) is 7. The minimum atomic E-state index is -1.31. The molecule has 4 rings (SSSR count). The lowest BCUT2D eigenvalue weighted by atomic mass is 10.1. The molecule has 1 aliphatic rings. The Labute approximate surface area is 448 Å². The molecule has 1 fully saturated rings. The van der Waals surface area contributed by atoms with Crippen molar-refractivity contribution in [1.29, 1.82) is 0 Å². The summed E-state index contributed by atoms with van der Waals surface area (Å²) in [6.45, 7) is 2.76. The van der Waals surface area contributed by atoms with E-state index in [1.807, 2.05) is 0 Å². The molecule has 2 atom stereocenters. The van der Waals surface area contributed by atoms with Gasteiger partial charge < -0.3 is 66.7 Å². The molecule has 30 nitrogen and oxygen atoms in total. The average Bonchev–Trinajstić information content (AvgIpc) is 3.38. The molecule has 1 saturated heterocycles. The minimum Gasteiger partial charge on any atom is -0.480 e. The molecule has 1 unspecified atom stereocenters. The molecule has 0 spiro atoms.